The molecular weight excluding hydrogens is 214 g/mol. The van der Waals surface area contributed by atoms with Crippen LogP contribution in [0, 0.1) is 0 Å². The Hall–Kier alpha value is -0.240. The van der Waals surface area contributed by atoms with Crippen molar-refractivity contribution in [3.05, 3.63) is 24.4 Å². The molecule has 0 fully saturated rings. The maximum Gasteiger partial charge on any atom is 0.0442 e. The zero-order valence-corrected chi connectivity index (χ0v) is 9.58. The van der Waals surface area contributed by atoms with Crippen molar-refractivity contribution in [1.82, 2.24) is 4.90 Å². The van der Waals surface area contributed by atoms with Crippen LogP contribution in [0.1, 0.15) is 26.7 Å². The molecule has 0 spiro atoms. The molecule has 1 nitrogen and oxygen atoms in total. The molecule has 70 valence electrons. The minimum atomic E-state index is 0. The monoisotopic (exact) mass is 231 g/mol. The molecule has 0 saturated heterocycles. The highest BCUT2D eigenvalue weighted by Crippen LogP contribution is 2.08. The lowest BCUT2D eigenvalue weighted by Gasteiger charge is -2.27. The molecule has 2 heteroatoms. The van der Waals surface area contributed by atoms with Crippen LogP contribution in [0.2, 0.25) is 0 Å². The fourth-order valence-corrected chi connectivity index (χ4v) is 1.25. The van der Waals surface area contributed by atoms with E-state index in [1.54, 1.807) is 0 Å². The van der Waals surface area contributed by atoms with Crippen LogP contribution in [0.3, 0.4) is 0 Å². The van der Waals surface area contributed by atoms with E-state index in [9.17, 15) is 0 Å². The Bertz CT molecular complexity index is 163. The number of unbranched alkanes of at least 4 members (excludes halogenated alkanes) is 1. The van der Waals surface area contributed by atoms with Crippen molar-refractivity contribution in [2.24, 2.45) is 0 Å². The maximum atomic E-state index is 2.38. The molecule has 1 atom stereocenters. The van der Waals surface area contributed by atoms with Crippen LogP contribution in [0.25, 0.3) is 0 Å². The molecule has 0 aromatic carbocycles. The summed E-state index contributed by atoms with van der Waals surface area (Å²) in [4.78, 5) is 2.38. The van der Waals surface area contributed by atoms with E-state index in [4.69, 9.17) is 0 Å². The molecule has 1 aliphatic rings. The Kier molecular flexibility index (Phi) is 6.17. The van der Waals surface area contributed by atoms with Gasteiger partial charge in [-0.3, -0.25) is 0 Å². The smallest absolute Gasteiger partial charge is 0.0442 e. The highest BCUT2D eigenvalue weighted by atomic mass is 79.9. The van der Waals surface area contributed by atoms with Gasteiger partial charge in [0.25, 0.3) is 0 Å². The van der Waals surface area contributed by atoms with E-state index in [-0.39, 0.29) is 17.0 Å². The minimum absolute atomic E-state index is 0. The highest BCUT2D eigenvalue weighted by molar-refractivity contribution is 8.93. The van der Waals surface area contributed by atoms with E-state index < -0.39 is 0 Å². The molecule has 0 aromatic rings. The number of rotatable bonds is 3. The quantitative estimate of drug-likeness (QED) is 0.722. The molecule has 1 unspecified atom stereocenters. The number of hydrogen-bond acceptors (Lipinski definition) is 1. The van der Waals surface area contributed by atoms with Crippen LogP contribution in [0.5, 0.6) is 0 Å². The van der Waals surface area contributed by atoms with Gasteiger partial charge in [0, 0.05) is 12.6 Å². The van der Waals surface area contributed by atoms with Gasteiger partial charge in [0.15, 0.2) is 0 Å². The fourth-order valence-electron chi connectivity index (χ4n) is 1.25. The first-order valence-electron chi connectivity index (χ1n) is 4.45. The van der Waals surface area contributed by atoms with Crippen LogP contribution in [0.15, 0.2) is 24.4 Å². The summed E-state index contributed by atoms with van der Waals surface area (Å²) in [5, 5.41) is 0. The summed E-state index contributed by atoms with van der Waals surface area (Å²) < 4.78 is 0. The summed E-state index contributed by atoms with van der Waals surface area (Å²) in [5.74, 6) is 0. The van der Waals surface area contributed by atoms with Crippen molar-refractivity contribution >= 4 is 17.0 Å². The minimum Gasteiger partial charge on any atom is -0.371 e. The average molecular weight is 232 g/mol. The van der Waals surface area contributed by atoms with Crippen molar-refractivity contribution in [2.45, 2.75) is 32.7 Å². The van der Waals surface area contributed by atoms with Gasteiger partial charge in [-0.05, 0) is 25.6 Å². The summed E-state index contributed by atoms with van der Waals surface area (Å²) in [6, 6.07) is 0.589. The summed E-state index contributed by atoms with van der Waals surface area (Å²) >= 11 is 0. The second kappa shape index (κ2) is 6.30. The standard InChI is InChI=1S/C10H17N.BrH/c1-3-4-8-11-9-6-5-7-10(11)2;/h5-7,9-10H,3-4,8H2,1-2H3;1H. The van der Waals surface area contributed by atoms with Crippen molar-refractivity contribution < 1.29 is 0 Å². The molecule has 0 saturated carbocycles. The lowest BCUT2D eigenvalue weighted by atomic mass is 10.2. The van der Waals surface area contributed by atoms with Crippen LogP contribution in [0.4, 0.5) is 0 Å². The van der Waals surface area contributed by atoms with E-state index >= 15 is 0 Å². The highest BCUT2D eigenvalue weighted by Gasteiger charge is 2.06. The molecule has 12 heavy (non-hydrogen) atoms. The van der Waals surface area contributed by atoms with E-state index in [2.05, 4.69) is 43.2 Å². The second-order valence-electron chi connectivity index (χ2n) is 3.06. The van der Waals surface area contributed by atoms with Crippen LogP contribution in [-0.4, -0.2) is 17.5 Å². The largest absolute Gasteiger partial charge is 0.371 e. The van der Waals surface area contributed by atoms with Crippen LogP contribution < -0.4 is 0 Å². The lowest BCUT2D eigenvalue weighted by molar-refractivity contribution is 0.326. The third kappa shape index (κ3) is 3.44. The molecule has 1 heterocycles. The Morgan fingerprint density at radius 2 is 2.08 bits per heavy atom. The molecule has 1 rings (SSSR count). The maximum absolute atomic E-state index is 2.38. The van der Waals surface area contributed by atoms with Gasteiger partial charge >= 0.3 is 0 Å². The Labute approximate surface area is 85.9 Å². The molecule has 0 bridgehead atoms. The normalized spacial score (nSPS) is 20.8. The Morgan fingerprint density at radius 1 is 1.33 bits per heavy atom. The van der Waals surface area contributed by atoms with Gasteiger partial charge in [0.2, 0.25) is 0 Å². The number of hydrogen-bond donors (Lipinski definition) is 0. The molecule has 0 radical (unpaired) electrons. The molecular formula is C10H18BrN. The zero-order chi connectivity index (χ0) is 8.10. The Balaban J connectivity index is 0.00000121. The molecule has 0 aromatic heterocycles. The molecule has 1 aliphatic heterocycles. The topological polar surface area (TPSA) is 3.24 Å². The van der Waals surface area contributed by atoms with Gasteiger partial charge in [-0.15, -0.1) is 17.0 Å². The first-order chi connectivity index (χ1) is 5.34. The van der Waals surface area contributed by atoms with Crippen LogP contribution in [-0.2, 0) is 0 Å². The zero-order valence-electron chi connectivity index (χ0n) is 7.86. The first kappa shape index (κ1) is 11.8. The van der Waals surface area contributed by atoms with Gasteiger partial charge in [-0.1, -0.05) is 25.5 Å². The Morgan fingerprint density at radius 3 is 2.67 bits per heavy atom. The number of allylic oxidation sites excluding steroid dienone is 2. The van der Waals surface area contributed by atoms with Gasteiger partial charge in [0.1, 0.15) is 0 Å². The summed E-state index contributed by atoms with van der Waals surface area (Å²) in [5.41, 5.74) is 0. The average Bonchev–Trinajstić information content (AvgIpc) is 2.03. The second-order valence-corrected chi connectivity index (χ2v) is 3.06. The lowest BCUT2D eigenvalue weighted by Crippen LogP contribution is -2.28. The fraction of sp³-hybridized carbons (Fsp3) is 0.600. The number of halogens is 1. The van der Waals surface area contributed by atoms with Gasteiger partial charge in [-0.25, -0.2) is 0 Å². The van der Waals surface area contributed by atoms with Crippen molar-refractivity contribution in [1.29, 1.82) is 0 Å². The molecule has 0 amide bonds. The summed E-state index contributed by atoms with van der Waals surface area (Å²) in [6.45, 7) is 5.66. The van der Waals surface area contributed by atoms with E-state index in [1.165, 1.54) is 19.4 Å². The van der Waals surface area contributed by atoms with E-state index in [0.717, 1.165) is 0 Å². The molecule has 0 N–H and O–H groups in total. The first-order valence-corrected chi connectivity index (χ1v) is 4.45. The summed E-state index contributed by atoms with van der Waals surface area (Å²) in [7, 11) is 0. The third-order valence-electron chi connectivity index (χ3n) is 2.07. The SMILES string of the molecule is Br.CCCCN1C=CC=CC1C. The van der Waals surface area contributed by atoms with E-state index in [0.29, 0.717) is 6.04 Å². The van der Waals surface area contributed by atoms with Gasteiger partial charge in [-0.2, -0.15) is 0 Å². The van der Waals surface area contributed by atoms with Crippen molar-refractivity contribution in [2.75, 3.05) is 6.54 Å². The van der Waals surface area contributed by atoms with Gasteiger partial charge < -0.3 is 4.90 Å². The van der Waals surface area contributed by atoms with E-state index in [1.807, 2.05) is 0 Å². The van der Waals surface area contributed by atoms with Crippen molar-refractivity contribution in [3.63, 3.8) is 0 Å². The third-order valence-corrected chi connectivity index (χ3v) is 2.07. The van der Waals surface area contributed by atoms with Gasteiger partial charge in [0.05, 0.1) is 0 Å². The predicted molar refractivity (Wildman–Crippen MR) is 59.7 cm³/mol. The number of nitrogens with zero attached hydrogens (tertiary/aromatic N) is 1. The van der Waals surface area contributed by atoms with Crippen LogP contribution >= 0.6 is 17.0 Å². The molecule has 0 aliphatic carbocycles. The predicted octanol–water partition coefficient (Wildman–Crippen LogP) is 3.14. The van der Waals surface area contributed by atoms with Crippen molar-refractivity contribution in [3.8, 4) is 0 Å². The summed E-state index contributed by atoms with van der Waals surface area (Å²) in [6.07, 6.45) is 11.2.